The summed E-state index contributed by atoms with van der Waals surface area (Å²) in [5.74, 6) is -1.39. The molecule has 0 amide bonds. The molecule has 0 radical (unpaired) electrons. The smallest absolute Gasteiger partial charge is 0.337 e. The molecule has 3 heterocycles. The van der Waals surface area contributed by atoms with Crippen molar-refractivity contribution >= 4 is 5.97 Å². The molecule has 0 aromatic heterocycles. The average Bonchev–Trinajstić information content (AvgIpc) is 2.73. The summed E-state index contributed by atoms with van der Waals surface area (Å²) in [7, 11) is 1.28. The van der Waals surface area contributed by atoms with Gasteiger partial charge < -0.3 is 48.8 Å². The first-order valence-corrected chi connectivity index (χ1v) is 9.99. The van der Waals surface area contributed by atoms with Crippen LogP contribution in [-0.4, -0.2) is 96.1 Å². The lowest BCUT2D eigenvalue weighted by molar-refractivity contribution is -0.353. The molecule has 0 aliphatic carbocycles. The van der Waals surface area contributed by atoms with Gasteiger partial charge in [0.1, 0.15) is 24.4 Å². The first-order valence-electron chi connectivity index (χ1n) is 9.99. The van der Waals surface area contributed by atoms with Gasteiger partial charge in [-0.15, -0.1) is 0 Å². The lowest BCUT2D eigenvalue weighted by Crippen LogP contribution is -2.61. The number of carbonyl (C=O) groups excluding carboxylic acids is 1. The van der Waals surface area contributed by atoms with Gasteiger partial charge in [0, 0.05) is 18.9 Å². The fourth-order valence-corrected chi connectivity index (χ4v) is 4.19. The third-order valence-electron chi connectivity index (χ3n) is 5.75. The Morgan fingerprint density at radius 2 is 1.90 bits per heavy atom. The minimum atomic E-state index is -1.58. The van der Waals surface area contributed by atoms with Crippen LogP contribution in [0.4, 0.5) is 0 Å². The average molecular weight is 434 g/mol. The van der Waals surface area contributed by atoms with E-state index in [2.05, 4.69) is 0 Å². The van der Waals surface area contributed by atoms with E-state index in [0.717, 1.165) is 0 Å². The second-order valence-corrected chi connectivity index (χ2v) is 7.55. The van der Waals surface area contributed by atoms with E-state index in [-0.39, 0.29) is 5.92 Å². The van der Waals surface area contributed by atoms with Crippen LogP contribution in [0.1, 0.15) is 20.3 Å². The quantitative estimate of drug-likeness (QED) is 0.366. The van der Waals surface area contributed by atoms with Crippen LogP contribution in [0.2, 0.25) is 0 Å². The molecule has 11 heteroatoms. The zero-order valence-electron chi connectivity index (χ0n) is 17.1. The number of aliphatic hydroxyl groups excluding tert-OH is 4. The molecule has 0 aromatic rings. The highest BCUT2D eigenvalue weighted by atomic mass is 16.8. The van der Waals surface area contributed by atoms with Crippen molar-refractivity contribution < 1.29 is 53.6 Å². The minimum Gasteiger partial charge on any atom is -0.471 e. The topological polar surface area (TPSA) is 153 Å². The summed E-state index contributed by atoms with van der Waals surface area (Å²) in [4.78, 5) is 12.3. The molecule has 0 bridgehead atoms. The Bertz CT molecular complexity index is 624. The van der Waals surface area contributed by atoms with Crippen molar-refractivity contribution in [3.8, 4) is 0 Å². The molecular formula is C19H30O11. The summed E-state index contributed by atoms with van der Waals surface area (Å²) in [5, 5.41) is 39.6. The number of methoxy groups -OCH3 is 1. The lowest BCUT2D eigenvalue weighted by Gasteiger charge is -2.47. The van der Waals surface area contributed by atoms with Crippen LogP contribution in [0.3, 0.4) is 0 Å². The highest BCUT2D eigenvalue weighted by molar-refractivity contribution is 5.88. The van der Waals surface area contributed by atoms with E-state index in [1.165, 1.54) is 13.4 Å². The molecule has 2 saturated heterocycles. The number of rotatable bonds is 6. The zero-order chi connectivity index (χ0) is 22.0. The highest BCUT2D eigenvalue weighted by Gasteiger charge is 2.51. The van der Waals surface area contributed by atoms with Gasteiger partial charge >= 0.3 is 5.97 Å². The Morgan fingerprint density at radius 3 is 2.53 bits per heavy atom. The van der Waals surface area contributed by atoms with Gasteiger partial charge in [-0.05, 0) is 13.8 Å². The van der Waals surface area contributed by atoms with E-state index in [1.807, 2.05) is 6.92 Å². The largest absolute Gasteiger partial charge is 0.471 e. The summed E-state index contributed by atoms with van der Waals surface area (Å²) < 4.78 is 33.2. The third kappa shape index (κ3) is 4.48. The monoisotopic (exact) mass is 434 g/mol. The van der Waals surface area contributed by atoms with Crippen molar-refractivity contribution in [2.24, 2.45) is 11.8 Å². The minimum absolute atomic E-state index is 0.316. The second-order valence-electron chi connectivity index (χ2n) is 7.55. The van der Waals surface area contributed by atoms with Crippen molar-refractivity contribution in [3.05, 3.63) is 11.8 Å². The van der Waals surface area contributed by atoms with Gasteiger partial charge in [-0.25, -0.2) is 4.79 Å². The molecule has 0 spiro atoms. The maximum absolute atomic E-state index is 12.3. The van der Waals surface area contributed by atoms with Gasteiger partial charge in [-0.1, -0.05) is 0 Å². The Morgan fingerprint density at radius 1 is 1.17 bits per heavy atom. The van der Waals surface area contributed by atoms with Crippen molar-refractivity contribution in [2.45, 2.75) is 69.7 Å². The first-order chi connectivity index (χ1) is 14.3. The number of fused-ring (bicyclic) bond motifs is 1. The van der Waals surface area contributed by atoms with Crippen LogP contribution >= 0.6 is 0 Å². The van der Waals surface area contributed by atoms with Crippen LogP contribution in [0.5, 0.6) is 0 Å². The van der Waals surface area contributed by atoms with Crippen molar-refractivity contribution in [3.63, 3.8) is 0 Å². The van der Waals surface area contributed by atoms with Crippen molar-refractivity contribution in [1.82, 2.24) is 0 Å². The van der Waals surface area contributed by atoms with Crippen LogP contribution in [0.25, 0.3) is 0 Å². The number of carbonyl (C=O) groups is 1. The molecule has 0 aromatic carbocycles. The third-order valence-corrected chi connectivity index (χ3v) is 5.75. The molecule has 3 aliphatic rings. The molecule has 172 valence electrons. The Kier molecular flexibility index (Phi) is 7.69. The van der Waals surface area contributed by atoms with Gasteiger partial charge in [0.25, 0.3) is 0 Å². The van der Waals surface area contributed by atoms with E-state index in [4.69, 9.17) is 28.4 Å². The van der Waals surface area contributed by atoms with E-state index in [1.54, 1.807) is 6.92 Å². The van der Waals surface area contributed by atoms with Crippen LogP contribution in [-0.2, 0) is 33.2 Å². The normalized spacial score (nSPS) is 43.9. The van der Waals surface area contributed by atoms with E-state index < -0.39 is 67.9 Å². The number of ether oxygens (including phenoxy) is 6. The van der Waals surface area contributed by atoms with Gasteiger partial charge in [-0.2, -0.15) is 0 Å². The summed E-state index contributed by atoms with van der Waals surface area (Å²) in [5.41, 5.74) is 0.316. The maximum atomic E-state index is 12.3. The molecule has 0 unspecified atom stereocenters. The Labute approximate surface area is 174 Å². The van der Waals surface area contributed by atoms with E-state index >= 15 is 0 Å². The predicted octanol–water partition coefficient (Wildman–Crippen LogP) is -1.38. The van der Waals surface area contributed by atoms with Crippen LogP contribution < -0.4 is 0 Å². The van der Waals surface area contributed by atoms with Crippen LogP contribution in [0.15, 0.2) is 11.8 Å². The lowest BCUT2D eigenvalue weighted by atomic mass is 9.77. The molecule has 3 aliphatic heterocycles. The van der Waals surface area contributed by atoms with Gasteiger partial charge in [0.15, 0.2) is 12.6 Å². The molecule has 0 saturated carbocycles. The number of hydrogen-bond acceptors (Lipinski definition) is 11. The molecule has 4 N–H and O–H groups in total. The Balaban J connectivity index is 1.82. The summed E-state index contributed by atoms with van der Waals surface area (Å²) in [6.45, 7) is 3.49. The molecule has 30 heavy (non-hydrogen) atoms. The van der Waals surface area contributed by atoms with Crippen molar-refractivity contribution in [2.75, 3.05) is 20.3 Å². The first kappa shape index (κ1) is 23.4. The SMILES string of the molecule is CCO[C@@H]1C[C@@H]2C(C(=O)OC)=CO[C@H](O[C@@H]3O[C@H](CO)[C@@H](O)[C@H](O)[C@H]3O)[C@H]2[C@@H](C)O1. The summed E-state index contributed by atoms with van der Waals surface area (Å²) in [6, 6.07) is 0. The summed E-state index contributed by atoms with van der Waals surface area (Å²) in [6.07, 6.45) is -7.51. The van der Waals surface area contributed by atoms with E-state index in [0.29, 0.717) is 18.6 Å². The zero-order valence-corrected chi connectivity index (χ0v) is 17.1. The predicted molar refractivity (Wildman–Crippen MR) is 97.4 cm³/mol. The molecular weight excluding hydrogens is 404 g/mol. The summed E-state index contributed by atoms with van der Waals surface area (Å²) >= 11 is 0. The molecule has 2 fully saturated rings. The number of aliphatic hydroxyl groups is 4. The van der Waals surface area contributed by atoms with Crippen molar-refractivity contribution in [1.29, 1.82) is 0 Å². The standard InChI is InChI=1S/C19H30O11/c1-4-26-12-5-9-10(17(24)25-3)7-27-18(13(9)8(2)28-12)30-19-16(23)15(22)14(21)11(6-20)29-19/h7-9,11-16,18-23H,4-6H2,1-3H3/t8-,9-,11-,12+,13+,14-,15+,16-,18-,19+/m1/s1. The van der Waals surface area contributed by atoms with Gasteiger partial charge in [0.2, 0.25) is 6.29 Å². The fraction of sp³-hybridized carbons (Fsp3) is 0.842. The fourth-order valence-electron chi connectivity index (χ4n) is 4.19. The highest BCUT2D eigenvalue weighted by Crippen LogP contribution is 2.43. The Hall–Kier alpha value is -1.31. The van der Waals surface area contributed by atoms with Crippen LogP contribution in [0, 0.1) is 11.8 Å². The second kappa shape index (κ2) is 9.88. The molecule has 10 atom stereocenters. The maximum Gasteiger partial charge on any atom is 0.337 e. The number of hydrogen-bond donors (Lipinski definition) is 4. The molecule has 11 nitrogen and oxygen atoms in total. The van der Waals surface area contributed by atoms with Gasteiger partial charge in [-0.3, -0.25) is 0 Å². The van der Waals surface area contributed by atoms with Gasteiger partial charge in [0.05, 0.1) is 37.6 Å². The molecule has 3 rings (SSSR count). The van der Waals surface area contributed by atoms with E-state index in [9.17, 15) is 25.2 Å². The number of esters is 1.